The normalized spacial score (nSPS) is 13.6. The number of carbonyl (C=O) groups is 1. The summed E-state index contributed by atoms with van der Waals surface area (Å²) in [6.07, 6.45) is 22.8. The predicted molar refractivity (Wildman–Crippen MR) is 327 cm³/mol. The molecule has 0 unspecified atom stereocenters. The molecule has 0 atom stereocenters. The third-order valence-corrected chi connectivity index (χ3v) is 13.5. The molecule has 0 N–H and O–H groups in total. The summed E-state index contributed by atoms with van der Waals surface area (Å²) in [5, 5.41) is 54.5. The second-order valence-electron chi connectivity index (χ2n) is 20.1. The van der Waals surface area contributed by atoms with Gasteiger partial charge in [-0.25, -0.2) is 0 Å². The molecule has 0 saturated heterocycles. The molecule has 2 heterocycles. The van der Waals surface area contributed by atoms with Gasteiger partial charge in [0.1, 0.15) is 59.5 Å². The van der Waals surface area contributed by atoms with Crippen molar-refractivity contribution in [2.75, 3.05) is 36.0 Å². The molecule has 0 aliphatic carbocycles. The van der Waals surface area contributed by atoms with E-state index in [4.69, 9.17) is 25.3 Å². The van der Waals surface area contributed by atoms with E-state index in [0.717, 1.165) is 60.3 Å². The van der Waals surface area contributed by atoms with Crippen LogP contribution in [0.25, 0.3) is 30.4 Å². The third-order valence-electron chi connectivity index (χ3n) is 13.5. The number of nitriles is 6. The molecule has 2 aliphatic heterocycles. The molecule has 0 amide bonds. The molecule has 0 saturated carbocycles. The van der Waals surface area contributed by atoms with Gasteiger partial charge < -0.3 is 19.3 Å². The minimum absolute atomic E-state index is 0. The number of hydrogen-bond donors (Lipinski definition) is 0. The lowest BCUT2D eigenvalue weighted by molar-refractivity contribution is 0.0927. The largest absolute Gasteiger partial charge is 0.480 e. The van der Waals surface area contributed by atoms with E-state index in [9.17, 15) is 20.6 Å². The Kier molecular flexibility index (Phi) is 27.1. The summed E-state index contributed by atoms with van der Waals surface area (Å²) in [7, 11) is 0. The van der Waals surface area contributed by atoms with E-state index < -0.39 is 11.2 Å². The highest BCUT2D eigenvalue weighted by atomic mass is 16.5. The third kappa shape index (κ3) is 18.8. The maximum Gasteiger partial charge on any atom is 0.172 e. The van der Waals surface area contributed by atoms with Crippen molar-refractivity contribution in [3.63, 3.8) is 0 Å². The lowest BCUT2D eigenvalue weighted by Crippen LogP contribution is -2.25. The Morgan fingerprint density at radius 1 is 0.450 bits per heavy atom. The van der Waals surface area contributed by atoms with Gasteiger partial charge in [-0.15, -0.1) is 0 Å². The van der Waals surface area contributed by atoms with E-state index in [1.165, 1.54) is 68.3 Å². The van der Waals surface area contributed by atoms with Gasteiger partial charge in [0.15, 0.2) is 22.7 Å². The van der Waals surface area contributed by atoms with Gasteiger partial charge in [0.2, 0.25) is 0 Å². The van der Waals surface area contributed by atoms with Crippen LogP contribution in [0.4, 0.5) is 11.4 Å². The predicted octanol–water partition coefficient (Wildman–Crippen LogP) is 16.9. The molecule has 2 aliphatic rings. The van der Waals surface area contributed by atoms with Crippen LogP contribution < -0.4 is 9.80 Å². The van der Waals surface area contributed by atoms with Gasteiger partial charge in [0, 0.05) is 48.7 Å². The molecule has 11 nitrogen and oxygen atoms in total. The second-order valence-corrected chi connectivity index (χ2v) is 20.1. The van der Waals surface area contributed by atoms with Crippen LogP contribution in [0.1, 0.15) is 159 Å². The smallest absolute Gasteiger partial charge is 0.172 e. The Morgan fingerprint density at radius 2 is 0.738 bits per heavy atom. The van der Waals surface area contributed by atoms with Crippen LogP contribution >= 0.6 is 0 Å². The summed E-state index contributed by atoms with van der Waals surface area (Å²) in [4.78, 5) is 15.7. The van der Waals surface area contributed by atoms with Gasteiger partial charge in [-0.2, -0.15) is 31.6 Å². The zero-order valence-corrected chi connectivity index (χ0v) is 47.6. The van der Waals surface area contributed by atoms with E-state index in [-0.39, 0.29) is 41.2 Å². The number of anilines is 2. The fraction of sp³-hybridized carbons (Fsp3) is 0.348. The monoisotopic (exact) mass is 1070 g/mol. The zero-order valence-electron chi connectivity index (χ0n) is 47.6. The number of carbonyl (C=O) groups excluding carboxylic acids is 1. The average molecular weight is 1070 g/mol. The molecule has 412 valence electrons. The fourth-order valence-corrected chi connectivity index (χ4v) is 8.47. The maximum atomic E-state index is 10.7. The van der Waals surface area contributed by atoms with Gasteiger partial charge in [-0.3, -0.25) is 4.79 Å². The SMILES string of the molecule is C.CC1=C(C#N)C(=C(C#N)C#N)OC1(C)C.CCCCN(CCCC)c1ccc(/C=C/c2ccc(/C=C/C3=C(C#N)C(=C(C#N)C#N)OC3(C)C)cc2)cc1.CCCCN(CCCC)c1ccc(/C=C/c2ccc(C=O)cc2)cc1. The first-order chi connectivity index (χ1) is 38.1. The summed E-state index contributed by atoms with van der Waals surface area (Å²) in [6, 6.07) is 44.5. The number of allylic oxidation sites excluding steroid dienone is 4. The number of rotatable bonds is 21. The van der Waals surface area contributed by atoms with Gasteiger partial charge >= 0.3 is 0 Å². The van der Waals surface area contributed by atoms with E-state index >= 15 is 0 Å². The summed E-state index contributed by atoms with van der Waals surface area (Å²) >= 11 is 0. The van der Waals surface area contributed by atoms with Crippen molar-refractivity contribution in [1.29, 1.82) is 31.6 Å². The number of benzene rings is 4. The highest BCUT2D eigenvalue weighted by molar-refractivity contribution is 5.77. The summed E-state index contributed by atoms with van der Waals surface area (Å²) in [5.41, 5.74) is 8.90. The first kappa shape index (κ1) is 65.2. The molecule has 0 radical (unpaired) electrons. The zero-order chi connectivity index (χ0) is 57.8. The summed E-state index contributed by atoms with van der Waals surface area (Å²) in [5.74, 6) is 0.153. The molecule has 0 bridgehead atoms. The van der Waals surface area contributed by atoms with E-state index in [2.05, 4.69) is 116 Å². The molecule has 4 aromatic rings. The molecule has 11 heteroatoms. The van der Waals surface area contributed by atoms with Crippen LogP contribution in [-0.4, -0.2) is 43.7 Å². The minimum atomic E-state index is -0.822. The standard InChI is InChI=1S/C34H36N4O.C23H29NO.C11H9N3O.CH4/c1-5-7-21-38(22-8-6-2)30-18-15-28(16-19-30)14-11-26-9-12-27(13-10-26)17-20-32-31(25-37)33(29(23-35)24-36)39-34(32,3)4;1-3-5-17-24(18-6-4-2)23-15-13-21(14-16-23)8-7-20-9-11-22(19-25)12-10-20;1-7-9(6-14)10(8(4-12)5-13)15-11(7,2)3;/h9-20H,5-8,21-22H2,1-4H3;7-16,19H,3-6,17-18H2,1-2H3;1-3H3;1H4/b14-11+,20-17+;8-7+;;. The Labute approximate surface area is 477 Å². The number of ether oxygens (including phenoxy) is 2. The number of nitrogens with zero attached hydrogens (tertiary/aromatic N) is 8. The van der Waals surface area contributed by atoms with Crippen molar-refractivity contribution in [3.05, 3.63) is 181 Å². The van der Waals surface area contributed by atoms with Crippen LogP contribution in [0.2, 0.25) is 0 Å². The van der Waals surface area contributed by atoms with Crippen molar-refractivity contribution < 1.29 is 14.3 Å². The van der Waals surface area contributed by atoms with Crippen LogP contribution in [0.15, 0.2) is 148 Å². The van der Waals surface area contributed by atoms with E-state index in [1.54, 1.807) is 32.9 Å². The lowest BCUT2D eigenvalue weighted by Gasteiger charge is -2.24. The van der Waals surface area contributed by atoms with E-state index in [1.807, 2.05) is 92.7 Å². The summed E-state index contributed by atoms with van der Waals surface area (Å²) in [6.45, 7) is 22.4. The molecule has 0 fully saturated rings. The lowest BCUT2D eigenvalue weighted by atomic mass is 9.94. The minimum Gasteiger partial charge on any atom is -0.480 e. The molecular weight excluding hydrogens is 989 g/mol. The molecule has 0 aromatic heterocycles. The first-order valence-corrected chi connectivity index (χ1v) is 27.2. The van der Waals surface area contributed by atoms with Gasteiger partial charge in [0.25, 0.3) is 0 Å². The molecular formula is C69H78N8O3. The second kappa shape index (κ2) is 33.2. The van der Waals surface area contributed by atoms with Crippen molar-refractivity contribution in [1.82, 2.24) is 0 Å². The Morgan fingerprint density at radius 3 is 1.04 bits per heavy atom. The van der Waals surface area contributed by atoms with Crippen molar-refractivity contribution in [3.8, 4) is 36.4 Å². The van der Waals surface area contributed by atoms with Gasteiger partial charge in [0.05, 0.1) is 5.57 Å². The van der Waals surface area contributed by atoms with Gasteiger partial charge in [-0.05, 0) is 118 Å². The quantitative estimate of drug-likeness (QED) is 0.0439. The number of aldehydes is 1. The highest BCUT2D eigenvalue weighted by Crippen LogP contribution is 2.41. The highest BCUT2D eigenvalue weighted by Gasteiger charge is 2.39. The Balaban J connectivity index is 0.000000349. The summed E-state index contributed by atoms with van der Waals surface area (Å²) < 4.78 is 11.3. The molecule has 6 rings (SSSR count). The molecule has 4 aromatic carbocycles. The number of hydrogen-bond acceptors (Lipinski definition) is 11. The van der Waals surface area contributed by atoms with Crippen LogP contribution in [0.5, 0.6) is 0 Å². The van der Waals surface area contributed by atoms with Crippen molar-refractivity contribution in [2.45, 2.75) is 132 Å². The van der Waals surface area contributed by atoms with E-state index in [0.29, 0.717) is 11.1 Å². The molecule has 80 heavy (non-hydrogen) atoms. The van der Waals surface area contributed by atoms with Crippen LogP contribution in [0.3, 0.4) is 0 Å². The molecule has 0 spiro atoms. The average Bonchev–Trinajstić information content (AvgIpc) is 3.86. The Hall–Kier alpha value is -9.13. The maximum absolute atomic E-state index is 10.7. The topological polar surface area (TPSA) is 185 Å². The fourth-order valence-electron chi connectivity index (χ4n) is 8.47. The van der Waals surface area contributed by atoms with Crippen molar-refractivity contribution in [2.24, 2.45) is 0 Å². The van der Waals surface area contributed by atoms with Crippen LogP contribution in [-0.2, 0) is 9.47 Å². The van der Waals surface area contributed by atoms with Crippen LogP contribution in [0, 0.1) is 68.0 Å². The first-order valence-electron chi connectivity index (χ1n) is 27.2. The number of unbranched alkanes of at least 4 members (excludes halogenated alkanes) is 4. The Bertz CT molecular complexity index is 3130. The van der Waals surface area contributed by atoms with Gasteiger partial charge in [-0.1, -0.05) is 170 Å². The van der Waals surface area contributed by atoms with Crippen molar-refractivity contribution >= 4 is 48.0 Å².